The van der Waals surface area contributed by atoms with Gasteiger partial charge in [0.1, 0.15) is 5.75 Å². The van der Waals surface area contributed by atoms with Gasteiger partial charge in [-0.1, -0.05) is 48.6 Å². The van der Waals surface area contributed by atoms with Crippen molar-refractivity contribution in [2.45, 2.75) is 26.2 Å². The van der Waals surface area contributed by atoms with Gasteiger partial charge in [0.05, 0.1) is 29.1 Å². The van der Waals surface area contributed by atoms with Gasteiger partial charge in [-0.3, -0.25) is 19.2 Å². The molecule has 0 aromatic heterocycles. The number of benzene rings is 3. The number of anilines is 2. The molecule has 0 saturated carbocycles. The average Bonchev–Trinajstić information content (AvgIpc) is 3.41. The van der Waals surface area contributed by atoms with Crippen LogP contribution in [0, 0.1) is 24.7 Å². The van der Waals surface area contributed by atoms with E-state index in [4.69, 9.17) is 4.74 Å². The second kappa shape index (κ2) is 9.00. The lowest BCUT2D eigenvalue weighted by atomic mass is 9.85. The van der Waals surface area contributed by atoms with Crippen molar-refractivity contribution < 1.29 is 23.9 Å². The van der Waals surface area contributed by atoms with Gasteiger partial charge in [-0.05, 0) is 55.0 Å². The van der Waals surface area contributed by atoms with Gasteiger partial charge in [0, 0.05) is 18.4 Å². The first-order valence-corrected chi connectivity index (χ1v) is 12.6. The van der Waals surface area contributed by atoms with Gasteiger partial charge in [-0.2, -0.15) is 0 Å². The third kappa shape index (κ3) is 3.91. The van der Waals surface area contributed by atoms with Gasteiger partial charge in [0.15, 0.2) is 0 Å². The number of carbonyl (C=O) groups excluding carboxylic acids is 4. The molecule has 2 heterocycles. The summed E-state index contributed by atoms with van der Waals surface area (Å²) in [6.07, 6.45) is 5.15. The molecule has 7 nitrogen and oxygen atoms in total. The molecule has 3 aliphatic rings. The summed E-state index contributed by atoms with van der Waals surface area (Å²) in [4.78, 5) is 54.7. The SMILES string of the molecule is Cc1cc(OC(=O)[C@@H]2CC(=O)N(c3cccc4ccccc34)C2)ccc1N1C(=O)[C@H]2CC=CC[C@@H]2C1=O. The van der Waals surface area contributed by atoms with E-state index in [0.29, 0.717) is 29.8 Å². The van der Waals surface area contributed by atoms with Gasteiger partial charge >= 0.3 is 5.97 Å². The molecule has 3 aromatic carbocycles. The largest absolute Gasteiger partial charge is 0.426 e. The summed E-state index contributed by atoms with van der Waals surface area (Å²) in [7, 11) is 0. The molecule has 0 N–H and O–H groups in total. The molecule has 0 bridgehead atoms. The number of hydrogen-bond donors (Lipinski definition) is 0. The molecule has 2 aliphatic heterocycles. The van der Waals surface area contributed by atoms with Crippen LogP contribution in [0.1, 0.15) is 24.8 Å². The topological polar surface area (TPSA) is 84.0 Å². The molecule has 2 saturated heterocycles. The zero-order valence-corrected chi connectivity index (χ0v) is 20.4. The van der Waals surface area contributed by atoms with Crippen molar-refractivity contribution in [1.82, 2.24) is 0 Å². The lowest BCUT2D eigenvalue weighted by Crippen LogP contribution is -2.31. The minimum absolute atomic E-state index is 0.0761. The highest BCUT2D eigenvalue weighted by Crippen LogP contribution is 2.39. The van der Waals surface area contributed by atoms with Crippen molar-refractivity contribution in [1.29, 1.82) is 0 Å². The second-order valence-corrected chi connectivity index (χ2v) is 9.94. The summed E-state index contributed by atoms with van der Waals surface area (Å²) < 4.78 is 5.65. The maximum atomic E-state index is 13.0. The lowest BCUT2D eigenvalue weighted by Gasteiger charge is -2.19. The van der Waals surface area contributed by atoms with Crippen LogP contribution >= 0.6 is 0 Å². The van der Waals surface area contributed by atoms with E-state index in [0.717, 1.165) is 16.5 Å². The zero-order chi connectivity index (χ0) is 25.7. The number of hydrogen-bond acceptors (Lipinski definition) is 5. The Balaban J connectivity index is 1.17. The number of carbonyl (C=O) groups is 4. The Kier molecular flexibility index (Phi) is 5.63. The normalized spacial score (nSPS) is 23.2. The maximum Gasteiger partial charge on any atom is 0.316 e. The Hall–Kier alpha value is -4.26. The van der Waals surface area contributed by atoms with Crippen LogP contribution in [0.5, 0.6) is 5.75 Å². The molecule has 3 atom stereocenters. The lowest BCUT2D eigenvalue weighted by molar-refractivity contribution is -0.139. The van der Waals surface area contributed by atoms with Crippen LogP contribution in [0.25, 0.3) is 10.8 Å². The summed E-state index contributed by atoms with van der Waals surface area (Å²) in [6.45, 7) is 2.03. The molecule has 37 heavy (non-hydrogen) atoms. The van der Waals surface area contributed by atoms with E-state index >= 15 is 0 Å². The minimum atomic E-state index is -0.594. The summed E-state index contributed by atoms with van der Waals surface area (Å²) in [5.74, 6) is -1.84. The zero-order valence-electron chi connectivity index (χ0n) is 20.4. The summed E-state index contributed by atoms with van der Waals surface area (Å²) in [6, 6.07) is 18.5. The molecular formula is C30H26N2O5. The smallest absolute Gasteiger partial charge is 0.316 e. The van der Waals surface area contributed by atoms with E-state index in [1.807, 2.05) is 54.6 Å². The first-order chi connectivity index (χ1) is 17.9. The molecule has 0 radical (unpaired) electrons. The Morgan fingerprint density at radius 3 is 2.30 bits per heavy atom. The molecule has 186 valence electrons. The van der Waals surface area contributed by atoms with E-state index in [9.17, 15) is 19.2 Å². The van der Waals surface area contributed by atoms with Crippen molar-refractivity contribution >= 4 is 45.8 Å². The standard InChI is InChI=1S/C30H26N2O5/c1-18-15-21(13-14-25(18)32-28(34)23-10-4-5-11-24(23)29(32)35)37-30(36)20-16-27(33)31(17-20)26-12-6-8-19-7-2-3-9-22(19)26/h2-9,12-15,20,23-24H,10-11,16-17H2,1H3/t20-,23+,24+/m1/s1. The monoisotopic (exact) mass is 494 g/mol. The number of rotatable bonds is 4. The van der Waals surface area contributed by atoms with Crippen molar-refractivity contribution in [3.05, 3.63) is 78.4 Å². The fourth-order valence-corrected chi connectivity index (χ4v) is 5.72. The van der Waals surface area contributed by atoms with Gasteiger partial charge in [-0.25, -0.2) is 4.90 Å². The highest BCUT2D eigenvalue weighted by atomic mass is 16.5. The molecule has 0 unspecified atom stereocenters. The number of imide groups is 1. The van der Waals surface area contributed by atoms with Gasteiger partial charge in [-0.15, -0.1) is 0 Å². The van der Waals surface area contributed by atoms with E-state index in [1.54, 1.807) is 30.0 Å². The van der Waals surface area contributed by atoms with Crippen molar-refractivity contribution in [2.75, 3.05) is 16.3 Å². The van der Waals surface area contributed by atoms with Crippen LogP contribution in [0.2, 0.25) is 0 Å². The van der Waals surface area contributed by atoms with Crippen molar-refractivity contribution in [2.24, 2.45) is 17.8 Å². The van der Waals surface area contributed by atoms with E-state index in [2.05, 4.69) is 0 Å². The quantitative estimate of drug-likeness (QED) is 0.230. The van der Waals surface area contributed by atoms with E-state index < -0.39 is 11.9 Å². The van der Waals surface area contributed by atoms with Gasteiger partial charge in [0.25, 0.3) is 0 Å². The summed E-state index contributed by atoms with van der Waals surface area (Å²) >= 11 is 0. The third-order valence-corrected chi connectivity index (χ3v) is 7.65. The van der Waals surface area contributed by atoms with Crippen LogP contribution in [0.4, 0.5) is 11.4 Å². The highest BCUT2D eigenvalue weighted by molar-refractivity contribution is 6.22. The van der Waals surface area contributed by atoms with Crippen LogP contribution in [-0.4, -0.2) is 30.2 Å². The number of ether oxygens (including phenoxy) is 1. The predicted octanol–water partition coefficient (Wildman–Crippen LogP) is 4.56. The van der Waals surface area contributed by atoms with Crippen molar-refractivity contribution in [3.8, 4) is 5.75 Å². The Morgan fingerprint density at radius 2 is 1.57 bits per heavy atom. The molecule has 2 fully saturated rings. The number of nitrogens with zero attached hydrogens (tertiary/aromatic N) is 2. The fourth-order valence-electron chi connectivity index (χ4n) is 5.72. The minimum Gasteiger partial charge on any atom is -0.426 e. The van der Waals surface area contributed by atoms with Gasteiger partial charge < -0.3 is 9.64 Å². The summed E-state index contributed by atoms with van der Waals surface area (Å²) in [5.41, 5.74) is 1.97. The van der Waals surface area contributed by atoms with Crippen LogP contribution in [0.3, 0.4) is 0 Å². The number of fused-ring (bicyclic) bond motifs is 2. The molecule has 7 heteroatoms. The van der Waals surface area contributed by atoms with E-state index in [-0.39, 0.29) is 42.5 Å². The first-order valence-electron chi connectivity index (χ1n) is 12.6. The van der Waals surface area contributed by atoms with Crippen LogP contribution < -0.4 is 14.5 Å². The second-order valence-electron chi connectivity index (χ2n) is 9.94. The van der Waals surface area contributed by atoms with E-state index in [1.165, 1.54) is 4.90 Å². The first kappa shape index (κ1) is 23.2. The highest BCUT2D eigenvalue weighted by Gasteiger charge is 2.48. The van der Waals surface area contributed by atoms with Crippen LogP contribution in [0.15, 0.2) is 72.8 Å². The number of allylic oxidation sites excluding steroid dienone is 2. The Morgan fingerprint density at radius 1 is 0.865 bits per heavy atom. The fraction of sp³-hybridized carbons (Fsp3) is 0.267. The molecule has 6 rings (SSSR count). The number of esters is 1. The average molecular weight is 495 g/mol. The van der Waals surface area contributed by atoms with Crippen LogP contribution in [-0.2, 0) is 19.2 Å². The Bertz CT molecular complexity index is 1460. The molecule has 3 amide bonds. The maximum absolute atomic E-state index is 13.0. The molecule has 0 spiro atoms. The Labute approximate surface area is 214 Å². The molecular weight excluding hydrogens is 468 g/mol. The molecule has 1 aliphatic carbocycles. The number of amides is 3. The summed E-state index contributed by atoms with van der Waals surface area (Å²) in [5, 5.41) is 1.99. The third-order valence-electron chi connectivity index (χ3n) is 7.65. The van der Waals surface area contributed by atoms with Crippen molar-refractivity contribution in [3.63, 3.8) is 0 Å². The molecule has 3 aromatic rings. The number of aryl methyl sites for hydroxylation is 1. The van der Waals surface area contributed by atoms with Gasteiger partial charge in [0.2, 0.25) is 17.7 Å². The predicted molar refractivity (Wildman–Crippen MR) is 139 cm³/mol.